The number of carbonyl (C=O) groups is 2. The van der Waals surface area contributed by atoms with Crippen LogP contribution in [0.25, 0.3) is 33.4 Å². The van der Waals surface area contributed by atoms with Crippen molar-refractivity contribution >= 4 is 34.0 Å². The normalized spacial score (nSPS) is 11.1. The van der Waals surface area contributed by atoms with Gasteiger partial charge in [-0.1, -0.05) is 30.3 Å². The number of nitrogens with zero attached hydrogens (tertiary/aromatic N) is 6. The molecule has 0 spiro atoms. The minimum absolute atomic E-state index is 0.0744. The fourth-order valence-electron chi connectivity index (χ4n) is 5.22. The van der Waals surface area contributed by atoms with Gasteiger partial charge < -0.3 is 29.2 Å². The highest BCUT2D eigenvalue weighted by molar-refractivity contribution is 5.95. The Morgan fingerprint density at radius 3 is 1.30 bits per heavy atom. The van der Waals surface area contributed by atoms with E-state index in [2.05, 4.69) is 20.4 Å². The van der Waals surface area contributed by atoms with Gasteiger partial charge in [0.15, 0.2) is 0 Å². The molecule has 250 valence electrons. The largest absolute Gasteiger partial charge is 0.505 e. The van der Waals surface area contributed by atoms with Gasteiger partial charge in [0.1, 0.15) is 69.7 Å². The Labute approximate surface area is 283 Å². The fraction of sp³-hybridized carbons (Fsp3) is 0.111. The maximum atomic E-state index is 13.1. The number of phenolic OH excluding ortho intramolecular Hbond substituents is 2. The zero-order valence-electron chi connectivity index (χ0n) is 26.7. The van der Waals surface area contributed by atoms with Crippen LogP contribution in [0, 0.1) is 0 Å². The Hall–Kier alpha value is -6.96. The van der Waals surface area contributed by atoms with Gasteiger partial charge in [-0.15, -0.1) is 30.0 Å². The van der Waals surface area contributed by atoms with E-state index >= 15 is 0 Å². The highest BCUT2D eigenvalue weighted by atomic mass is 16.5. The lowest BCUT2D eigenvalue weighted by atomic mass is 10.1. The van der Waals surface area contributed by atoms with E-state index in [1.165, 1.54) is 60.2 Å². The summed E-state index contributed by atoms with van der Waals surface area (Å²) >= 11 is 0. The van der Waals surface area contributed by atoms with E-state index in [9.17, 15) is 19.8 Å². The van der Waals surface area contributed by atoms with Crippen LogP contribution in [0.3, 0.4) is 0 Å². The van der Waals surface area contributed by atoms with Gasteiger partial charge in [-0.05, 0) is 54.6 Å². The number of hydrogen-bond donors (Lipinski definition) is 2. The number of hydrogen-bond acceptors (Lipinski definition) is 12. The average molecular weight is 673 g/mol. The molecule has 0 radical (unpaired) electrons. The molecular weight excluding hydrogens is 644 g/mol. The molecule has 0 aliphatic carbocycles. The summed E-state index contributed by atoms with van der Waals surface area (Å²) in [6, 6.07) is 26.5. The van der Waals surface area contributed by atoms with Crippen molar-refractivity contribution in [3.05, 3.63) is 119 Å². The summed E-state index contributed by atoms with van der Waals surface area (Å²) in [5.41, 5.74) is 3.65. The molecule has 14 heteroatoms. The first-order valence-electron chi connectivity index (χ1n) is 15.2. The number of benzene rings is 5. The fourth-order valence-corrected chi connectivity index (χ4v) is 5.22. The molecule has 0 saturated carbocycles. The quantitative estimate of drug-likeness (QED) is 0.180. The summed E-state index contributed by atoms with van der Waals surface area (Å²) in [6.45, 7) is -0.634. The smallest absolute Gasteiger partial charge is 0.338 e. The van der Waals surface area contributed by atoms with Crippen molar-refractivity contribution in [2.24, 2.45) is 0 Å². The zero-order valence-corrected chi connectivity index (χ0v) is 26.7. The molecule has 0 atom stereocenters. The molecular formula is C36H28N6O8. The minimum atomic E-state index is -0.749. The third-order valence-corrected chi connectivity index (χ3v) is 7.81. The van der Waals surface area contributed by atoms with E-state index in [1.807, 2.05) is 24.3 Å². The average Bonchev–Trinajstić information content (AvgIpc) is 3.78. The number of esters is 2. The van der Waals surface area contributed by atoms with Crippen LogP contribution in [-0.4, -0.2) is 66.4 Å². The lowest BCUT2D eigenvalue weighted by Crippen LogP contribution is -2.10. The maximum Gasteiger partial charge on any atom is 0.338 e. The topological polar surface area (TPSA) is 173 Å². The zero-order chi connectivity index (χ0) is 34.8. The van der Waals surface area contributed by atoms with Crippen LogP contribution >= 0.6 is 0 Å². The monoisotopic (exact) mass is 672 g/mol. The van der Waals surface area contributed by atoms with Crippen LogP contribution in [0.1, 0.15) is 31.8 Å². The number of aromatic hydroxyl groups is 2. The van der Waals surface area contributed by atoms with Crippen molar-refractivity contribution in [2.45, 2.75) is 13.2 Å². The van der Waals surface area contributed by atoms with Crippen molar-refractivity contribution in [1.82, 2.24) is 30.0 Å². The van der Waals surface area contributed by atoms with Gasteiger partial charge in [-0.3, -0.25) is 0 Å². The van der Waals surface area contributed by atoms with Crippen LogP contribution in [-0.2, 0) is 22.7 Å². The number of phenols is 2. The van der Waals surface area contributed by atoms with Crippen LogP contribution < -0.4 is 9.47 Å². The lowest BCUT2D eigenvalue weighted by molar-refractivity contribution is 0.0468. The number of aromatic nitrogens is 6. The molecule has 50 heavy (non-hydrogen) atoms. The first kappa shape index (κ1) is 31.6. The molecule has 2 heterocycles. The second-order valence-electron chi connectivity index (χ2n) is 11.0. The SMILES string of the molecule is COc1cc(COC(=O)c2cccc(C(=O)OCc3cc(OC)cc(-n4nc5ccccc5n4)c3O)c2)c(O)c(-n2nc3ccccc3n2)c1. The third-order valence-electron chi connectivity index (χ3n) is 7.81. The van der Waals surface area contributed by atoms with Gasteiger partial charge in [0.25, 0.3) is 0 Å². The molecule has 7 aromatic rings. The van der Waals surface area contributed by atoms with Gasteiger partial charge in [-0.25, -0.2) is 9.59 Å². The molecule has 0 saturated heterocycles. The minimum Gasteiger partial charge on any atom is -0.505 e. The van der Waals surface area contributed by atoms with E-state index in [0.717, 1.165) is 0 Å². The number of rotatable bonds is 10. The molecule has 2 aromatic heterocycles. The van der Waals surface area contributed by atoms with Gasteiger partial charge in [0.05, 0.1) is 25.3 Å². The first-order valence-corrected chi connectivity index (χ1v) is 15.2. The predicted octanol–water partition coefficient (Wildman–Crippen LogP) is 5.30. The van der Waals surface area contributed by atoms with E-state index in [-0.39, 0.29) is 58.3 Å². The van der Waals surface area contributed by atoms with Crippen LogP contribution in [0.2, 0.25) is 0 Å². The van der Waals surface area contributed by atoms with Crippen molar-refractivity contribution in [2.75, 3.05) is 14.2 Å². The second-order valence-corrected chi connectivity index (χ2v) is 11.0. The summed E-state index contributed by atoms with van der Waals surface area (Å²) < 4.78 is 21.8. The van der Waals surface area contributed by atoms with Gasteiger partial charge >= 0.3 is 11.9 Å². The van der Waals surface area contributed by atoms with Crippen molar-refractivity contribution in [3.8, 4) is 34.4 Å². The van der Waals surface area contributed by atoms with Crippen molar-refractivity contribution < 1.29 is 38.7 Å². The van der Waals surface area contributed by atoms with Gasteiger partial charge in [0.2, 0.25) is 0 Å². The molecule has 5 aromatic carbocycles. The van der Waals surface area contributed by atoms with Gasteiger partial charge in [-0.2, -0.15) is 0 Å². The number of fused-ring (bicyclic) bond motifs is 2. The Kier molecular flexibility index (Phi) is 8.40. The van der Waals surface area contributed by atoms with Crippen molar-refractivity contribution in [1.29, 1.82) is 0 Å². The first-order chi connectivity index (χ1) is 24.3. The Morgan fingerprint density at radius 1 is 0.560 bits per heavy atom. The van der Waals surface area contributed by atoms with Crippen LogP contribution in [0.15, 0.2) is 97.1 Å². The molecule has 2 N–H and O–H groups in total. The summed E-state index contributed by atoms with van der Waals surface area (Å²) in [4.78, 5) is 28.7. The second kappa shape index (κ2) is 13.3. The predicted molar refractivity (Wildman–Crippen MR) is 179 cm³/mol. The van der Waals surface area contributed by atoms with E-state index in [1.54, 1.807) is 36.4 Å². The van der Waals surface area contributed by atoms with Crippen LogP contribution in [0.5, 0.6) is 23.0 Å². The lowest BCUT2D eigenvalue weighted by Gasteiger charge is -2.13. The summed E-state index contributed by atoms with van der Waals surface area (Å²) in [5.74, 6) is -1.12. The maximum absolute atomic E-state index is 13.1. The van der Waals surface area contributed by atoms with E-state index in [4.69, 9.17) is 18.9 Å². The Morgan fingerprint density at radius 2 is 0.940 bits per heavy atom. The molecule has 0 aliphatic heterocycles. The molecule has 0 bridgehead atoms. The molecule has 0 aliphatic rings. The molecule has 0 fully saturated rings. The number of methoxy groups -OCH3 is 2. The summed E-state index contributed by atoms with van der Waals surface area (Å²) in [5, 5.41) is 39.8. The Bertz CT molecular complexity index is 2170. The highest BCUT2D eigenvalue weighted by Crippen LogP contribution is 2.33. The number of carbonyl (C=O) groups excluding carboxylic acids is 2. The molecule has 0 amide bonds. The molecule has 14 nitrogen and oxygen atoms in total. The standard InChI is InChI=1S/C36H28N6O8/c1-47-25-15-23(33(43)31(17-25)41-37-27-10-3-4-11-28(27)38-41)19-49-35(45)21-8-7-9-22(14-21)36(46)50-20-24-16-26(48-2)18-32(34(24)44)42-39-29-12-5-6-13-30(29)40-42/h3-18,43-44H,19-20H2,1-2H3. The van der Waals surface area contributed by atoms with Crippen LogP contribution in [0.4, 0.5) is 0 Å². The summed E-state index contributed by atoms with van der Waals surface area (Å²) in [6.07, 6.45) is 0. The Balaban J connectivity index is 1.05. The van der Waals surface area contributed by atoms with Crippen molar-refractivity contribution in [3.63, 3.8) is 0 Å². The summed E-state index contributed by atoms with van der Waals surface area (Å²) in [7, 11) is 2.94. The molecule has 7 rings (SSSR count). The third kappa shape index (κ3) is 6.20. The van der Waals surface area contributed by atoms with E-state index < -0.39 is 11.9 Å². The van der Waals surface area contributed by atoms with E-state index in [0.29, 0.717) is 33.6 Å². The van der Waals surface area contributed by atoms with Gasteiger partial charge in [0, 0.05) is 23.3 Å². The number of ether oxygens (including phenoxy) is 4. The highest BCUT2D eigenvalue weighted by Gasteiger charge is 2.20. The molecule has 0 unspecified atom stereocenters.